The number of amides is 1. The van der Waals surface area contributed by atoms with Crippen molar-refractivity contribution in [3.63, 3.8) is 0 Å². The van der Waals surface area contributed by atoms with Crippen molar-refractivity contribution in [2.75, 3.05) is 44.2 Å². The molecule has 104 valence electrons. The predicted octanol–water partition coefficient (Wildman–Crippen LogP) is 0.650. The predicted molar refractivity (Wildman–Crippen MR) is 75.4 cm³/mol. The number of phenols is 1. The van der Waals surface area contributed by atoms with Crippen LogP contribution in [0.3, 0.4) is 0 Å². The van der Waals surface area contributed by atoms with Crippen LogP contribution in [0.15, 0.2) is 24.3 Å². The topological polar surface area (TPSA) is 55.8 Å². The van der Waals surface area contributed by atoms with Gasteiger partial charge in [-0.1, -0.05) is 0 Å². The Morgan fingerprint density at radius 2 is 1.84 bits per heavy atom. The van der Waals surface area contributed by atoms with E-state index in [1.165, 1.54) is 0 Å². The Hall–Kier alpha value is -1.75. The van der Waals surface area contributed by atoms with Crippen LogP contribution in [0, 0.1) is 0 Å². The van der Waals surface area contributed by atoms with E-state index >= 15 is 0 Å². The van der Waals surface area contributed by atoms with Crippen molar-refractivity contribution in [1.82, 2.24) is 10.2 Å². The summed E-state index contributed by atoms with van der Waals surface area (Å²) < 4.78 is 0. The van der Waals surface area contributed by atoms with E-state index in [0.717, 1.165) is 31.9 Å². The van der Waals surface area contributed by atoms with Gasteiger partial charge in [0.05, 0.1) is 6.54 Å². The van der Waals surface area contributed by atoms with Crippen molar-refractivity contribution in [3.05, 3.63) is 24.3 Å². The third-order valence-corrected chi connectivity index (χ3v) is 3.33. The molecular weight excluding hydrogens is 242 g/mol. The van der Waals surface area contributed by atoms with Crippen molar-refractivity contribution < 1.29 is 9.90 Å². The lowest BCUT2D eigenvalue weighted by atomic mass is 10.2. The number of carbonyl (C=O) groups excluding carboxylic acids is 1. The number of likely N-dealkylation sites (N-methyl/N-ethyl adjacent to an activating group) is 1. The van der Waals surface area contributed by atoms with Gasteiger partial charge in [-0.3, -0.25) is 9.69 Å². The van der Waals surface area contributed by atoms with E-state index < -0.39 is 0 Å². The molecule has 2 rings (SSSR count). The van der Waals surface area contributed by atoms with E-state index in [0.29, 0.717) is 18.8 Å². The number of piperazine rings is 1. The van der Waals surface area contributed by atoms with Gasteiger partial charge in [0.1, 0.15) is 5.75 Å². The fourth-order valence-corrected chi connectivity index (χ4v) is 2.28. The van der Waals surface area contributed by atoms with E-state index in [4.69, 9.17) is 0 Å². The average molecular weight is 263 g/mol. The van der Waals surface area contributed by atoms with Crippen LogP contribution in [0.5, 0.6) is 5.75 Å². The van der Waals surface area contributed by atoms with Crippen LogP contribution in [0.25, 0.3) is 0 Å². The normalized spacial score (nSPS) is 16.4. The molecule has 5 nitrogen and oxygen atoms in total. The molecule has 1 heterocycles. The molecular formula is C14H21N3O2. The highest BCUT2D eigenvalue weighted by Crippen LogP contribution is 2.19. The molecule has 1 fully saturated rings. The van der Waals surface area contributed by atoms with Crippen molar-refractivity contribution in [2.45, 2.75) is 6.92 Å². The maximum absolute atomic E-state index is 11.5. The van der Waals surface area contributed by atoms with Gasteiger partial charge in [0.2, 0.25) is 5.91 Å². The number of nitrogens with zero attached hydrogens (tertiary/aromatic N) is 2. The molecule has 1 aromatic carbocycles. The molecule has 1 aliphatic rings. The molecule has 1 saturated heterocycles. The van der Waals surface area contributed by atoms with E-state index in [-0.39, 0.29) is 5.91 Å². The minimum Gasteiger partial charge on any atom is -0.508 e. The Kier molecular flexibility index (Phi) is 4.63. The summed E-state index contributed by atoms with van der Waals surface area (Å²) in [6, 6.07) is 7.26. The van der Waals surface area contributed by atoms with Crippen molar-refractivity contribution in [1.29, 1.82) is 0 Å². The second-order valence-corrected chi connectivity index (χ2v) is 4.73. The summed E-state index contributed by atoms with van der Waals surface area (Å²) in [5.41, 5.74) is 1.12. The zero-order chi connectivity index (χ0) is 13.7. The summed E-state index contributed by atoms with van der Waals surface area (Å²) >= 11 is 0. The summed E-state index contributed by atoms with van der Waals surface area (Å²) in [5, 5.41) is 12.1. The Bertz CT molecular complexity index is 411. The number of anilines is 1. The molecule has 19 heavy (non-hydrogen) atoms. The van der Waals surface area contributed by atoms with Crippen LogP contribution < -0.4 is 10.2 Å². The average Bonchev–Trinajstić information content (AvgIpc) is 2.41. The van der Waals surface area contributed by atoms with Gasteiger partial charge in [-0.05, 0) is 31.2 Å². The van der Waals surface area contributed by atoms with Gasteiger partial charge in [0.15, 0.2) is 0 Å². The number of carbonyl (C=O) groups is 1. The Balaban J connectivity index is 1.82. The second-order valence-electron chi connectivity index (χ2n) is 4.73. The summed E-state index contributed by atoms with van der Waals surface area (Å²) in [6.07, 6.45) is 0. The van der Waals surface area contributed by atoms with Crippen LogP contribution in [0.4, 0.5) is 5.69 Å². The first-order valence-electron chi connectivity index (χ1n) is 6.72. The molecule has 0 unspecified atom stereocenters. The number of hydrogen-bond donors (Lipinski definition) is 2. The van der Waals surface area contributed by atoms with Gasteiger partial charge < -0.3 is 15.3 Å². The second kappa shape index (κ2) is 6.43. The van der Waals surface area contributed by atoms with Crippen molar-refractivity contribution in [3.8, 4) is 5.75 Å². The molecule has 0 aliphatic carbocycles. The lowest BCUT2D eigenvalue weighted by molar-refractivity contribution is -0.122. The number of nitrogens with one attached hydrogen (secondary N) is 1. The van der Waals surface area contributed by atoms with Crippen molar-refractivity contribution >= 4 is 11.6 Å². The molecule has 1 aromatic rings. The first kappa shape index (κ1) is 13.7. The fraction of sp³-hybridized carbons (Fsp3) is 0.500. The lowest BCUT2D eigenvalue weighted by Gasteiger charge is -2.35. The molecule has 1 aliphatic heterocycles. The third-order valence-electron chi connectivity index (χ3n) is 3.33. The van der Waals surface area contributed by atoms with Gasteiger partial charge in [0, 0.05) is 38.4 Å². The molecule has 5 heteroatoms. The molecule has 0 aromatic heterocycles. The number of aromatic hydroxyl groups is 1. The maximum Gasteiger partial charge on any atom is 0.234 e. The summed E-state index contributed by atoms with van der Waals surface area (Å²) in [7, 11) is 0. The molecule has 0 radical (unpaired) electrons. The smallest absolute Gasteiger partial charge is 0.234 e. The lowest BCUT2D eigenvalue weighted by Crippen LogP contribution is -2.49. The van der Waals surface area contributed by atoms with Crippen LogP contribution >= 0.6 is 0 Å². The van der Waals surface area contributed by atoms with Gasteiger partial charge in [-0.15, -0.1) is 0 Å². The quantitative estimate of drug-likeness (QED) is 0.837. The number of rotatable bonds is 4. The summed E-state index contributed by atoms with van der Waals surface area (Å²) in [5.74, 6) is 0.388. The molecule has 0 saturated carbocycles. The van der Waals surface area contributed by atoms with Crippen LogP contribution in [0.1, 0.15) is 6.92 Å². The highest BCUT2D eigenvalue weighted by atomic mass is 16.3. The molecule has 0 atom stereocenters. The van der Waals surface area contributed by atoms with E-state index in [1.54, 1.807) is 12.1 Å². The summed E-state index contributed by atoms with van der Waals surface area (Å²) in [6.45, 7) is 6.69. The van der Waals surface area contributed by atoms with Gasteiger partial charge in [-0.25, -0.2) is 0 Å². The van der Waals surface area contributed by atoms with E-state index in [9.17, 15) is 9.90 Å². The fourth-order valence-electron chi connectivity index (χ4n) is 2.28. The third kappa shape index (κ3) is 3.86. The monoisotopic (exact) mass is 263 g/mol. The Morgan fingerprint density at radius 3 is 2.42 bits per heavy atom. The molecule has 1 amide bonds. The van der Waals surface area contributed by atoms with Gasteiger partial charge >= 0.3 is 0 Å². The zero-order valence-electron chi connectivity index (χ0n) is 11.3. The van der Waals surface area contributed by atoms with E-state index in [1.807, 2.05) is 19.1 Å². The SMILES string of the molecule is CCNC(=O)CN1CCN(c2ccc(O)cc2)CC1. The highest BCUT2D eigenvalue weighted by Gasteiger charge is 2.18. The molecule has 0 spiro atoms. The first-order valence-corrected chi connectivity index (χ1v) is 6.72. The standard InChI is InChI=1S/C14H21N3O2/c1-2-15-14(19)11-16-7-9-17(10-8-16)12-3-5-13(18)6-4-12/h3-6,18H,2,7-11H2,1H3,(H,15,19). The van der Waals surface area contributed by atoms with Crippen LogP contribution in [-0.2, 0) is 4.79 Å². The first-order chi connectivity index (χ1) is 9.19. The molecule has 2 N–H and O–H groups in total. The van der Waals surface area contributed by atoms with Gasteiger partial charge in [0.25, 0.3) is 0 Å². The Morgan fingerprint density at radius 1 is 1.21 bits per heavy atom. The number of phenolic OH excluding ortho intramolecular Hbond substituents is 1. The Labute approximate surface area is 113 Å². The highest BCUT2D eigenvalue weighted by molar-refractivity contribution is 5.77. The van der Waals surface area contributed by atoms with E-state index in [2.05, 4.69) is 15.1 Å². The summed E-state index contributed by atoms with van der Waals surface area (Å²) in [4.78, 5) is 15.9. The van der Waals surface area contributed by atoms with Crippen LogP contribution in [0.2, 0.25) is 0 Å². The minimum absolute atomic E-state index is 0.0978. The number of hydrogen-bond acceptors (Lipinski definition) is 4. The number of benzene rings is 1. The van der Waals surface area contributed by atoms with Gasteiger partial charge in [-0.2, -0.15) is 0 Å². The minimum atomic E-state index is 0.0978. The van der Waals surface area contributed by atoms with Crippen LogP contribution in [-0.4, -0.2) is 55.2 Å². The molecule has 0 bridgehead atoms. The largest absolute Gasteiger partial charge is 0.508 e. The zero-order valence-corrected chi connectivity index (χ0v) is 11.3. The maximum atomic E-state index is 11.5. The van der Waals surface area contributed by atoms with Crippen molar-refractivity contribution in [2.24, 2.45) is 0 Å².